The van der Waals surface area contributed by atoms with E-state index < -0.39 is 0 Å². The third kappa shape index (κ3) is 2.29. The molecular weight excluding hydrogens is 248 g/mol. The summed E-state index contributed by atoms with van der Waals surface area (Å²) in [5, 5.41) is 9.21. The number of aromatic nitrogens is 1. The summed E-state index contributed by atoms with van der Waals surface area (Å²) in [4.78, 5) is 12.3. The van der Waals surface area contributed by atoms with E-state index in [-0.39, 0.29) is 5.78 Å². The highest BCUT2D eigenvalue weighted by Gasteiger charge is 2.14. The Bertz CT molecular complexity index is 637. The van der Waals surface area contributed by atoms with Crippen molar-refractivity contribution < 1.29 is 4.79 Å². The van der Waals surface area contributed by atoms with Gasteiger partial charge in [0.15, 0.2) is 0 Å². The molecule has 1 heterocycles. The Morgan fingerprint density at radius 3 is 2.83 bits per heavy atom. The Hall–Kier alpha value is -2.05. The molecule has 0 bridgehead atoms. The van der Waals surface area contributed by atoms with Crippen molar-refractivity contribution in [2.75, 3.05) is 0 Å². The summed E-state index contributed by atoms with van der Waals surface area (Å²) in [6.45, 7) is 0. The molecule has 0 aliphatic rings. The minimum atomic E-state index is -0.0933. The Kier molecular flexibility index (Phi) is 3.50. The fourth-order valence-corrected chi connectivity index (χ4v) is 2.01. The second-order valence-electron chi connectivity index (χ2n) is 3.94. The molecule has 0 aliphatic heterocycles. The topological polar surface area (TPSA) is 45.8 Å². The van der Waals surface area contributed by atoms with Crippen LogP contribution in [0.15, 0.2) is 36.4 Å². The highest BCUT2D eigenvalue weighted by Crippen LogP contribution is 2.16. The zero-order chi connectivity index (χ0) is 13.1. The average molecular weight is 259 g/mol. The molecule has 0 saturated carbocycles. The van der Waals surface area contributed by atoms with Crippen molar-refractivity contribution in [2.45, 2.75) is 6.42 Å². The predicted molar refractivity (Wildman–Crippen MR) is 69.6 cm³/mol. The molecule has 90 valence electrons. The van der Waals surface area contributed by atoms with Crippen LogP contribution in [0.25, 0.3) is 0 Å². The SMILES string of the molecule is Cn1c(CC#N)ccc1C(=O)c1cccc(Cl)c1. The summed E-state index contributed by atoms with van der Waals surface area (Å²) in [5.74, 6) is -0.0933. The fourth-order valence-electron chi connectivity index (χ4n) is 1.82. The maximum Gasteiger partial charge on any atom is 0.209 e. The molecule has 18 heavy (non-hydrogen) atoms. The van der Waals surface area contributed by atoms with Crippen molar-refractivity contribution in [2.24, 2.45) is 7.05 Å². The zero-order valence-electron chi connectivity index (χ0n) is 9.85. The molecule has 1 aromatic carbocycles. The first kappa shape index (κ1) is 12.4. The van der Waals surface area contributed by atoms with Crippen molar-refractivity contribution in [1.82, 2.24) is 4.57 Å². The van der Waals surface area contributed by atoms with Gasteiger partial charge in [-0.2, -0.15) is 5.26 Å². The third-order valence-electron chi connectivity index (χ3n) is 2.81. The lowest BCUT2D eigenvalue weighted by Crippen LogP contribution is -2.09. The molecular formula is C14H11ClN2O. The number of benzene rings is 1. The molecule has 1 aromatic heterocycles. The molecule has 4 heteroatoms. The lowest BCUT2D eigenvalue weighted by molar-refractivity contribution is 0.103. The van der Waals surface area contributed by atoms with E-state index in [1.54, 1.807) is 48.0 Å². The summed E-state index contributed by atoms with van der Waals surface area (Å²) >= 11 is 5.87. The number of rotatable bonds is 3. The number of nitriles is 1. The molecule has 3 nitrogen and oxygen atoms in total. The van der Waals surface area contributed by atoms with Gasteiger partial charge in [-0.3, -0.25) is 4.79 Å². The lowest BCUT2D eigenvalue weighted by atomic mass is 10.1. The van der Waals surface area contributed by atoms with Gasteiger partial charge in [-0.25, -0.2) is 0 Å². The Morgan fingerprint density at radius 1 is 1.39 bits per heavy atom. The second-order valence-corrected chi connectivity index (χ2v) is 4.38. The van der Waals surface area contributed by atoms with E-state index in [0.717, 1.165) is 5.69 Å². The van der Waals surface area contributed by atoms with Gasteiger partial charge in [0.2, 0.25) is 5.78 Å². The van der Waals surface area contributed by atoms with Gasteiger partial charge in [0.25, 0.3) is 0 Å². The molecule has 2 rings (SSSR count). The maximum absolute atomic E-state index is 12.3. The lowest BCUT2D eigenvalue weighted by Gasteiger charge is -2.05. The van der Waals surface area contributed by atoms with Crippen molar-refractivity contribution in [1.29, 1.82) is 5.26 Å². The van der Waals surface area contributed by atoms with Gasteiger partial charge >= 0.3 is 0 Å². The number of carbonyl (C=O) groups is 1. The third-order valence-corrected chi connectivity index (χ3v) is 3.04. The minimum absolute atomic E-state index is 0.0933. The van der Waals surface area contributed by atoms with Crippen LogP contribution >= 0.6 is 11.6 Å². The Balaban J connectivity index is 2.38. The van der Waals surface area contributed by atoms with Crippen LogP contribution in [0.4, 0.5) is 0 Å². The zero-order valence-corrected chi connectivity index (χ0v) is 10.6. The molecule has 0 aliphatic carbocycles. The molecule has 0 unspecified atom stereocenters. The van der Waals surface area contributed by atoms with Crippen LogP contribution in [0.3, 0.4) is 0 Å². The molecule has 0 fully saturated rings. The van der Waals surface area contributed by atoms with Crippen molar-refractivity contribution >= 4 is 17.4 Å². The van der Waals surface area contributed by atoms with Crippen LogP contribution in [0, 0.1) is 11.3 Å². The van der Waals surface area contributed by atoms with Crippen LogP contribution in [-0.2, 0) is 13.5 Å². The first-order valence-electron chi connectivity index (χ1n) is 5.45. The molecule has 0 atom stereocenters. The normalized spacial score (nSPS) is 10.1. The summed E-state index contributed by atoms with van der Waals surface area (Å²) in [7, 11) is 1.78. The Morgan fingerprint density at radius 2 is 2.17 bits per heavy atom. The van der Waals surface area contributed by atoms with Gasteiger partial charge in [-0.15, -0.1) is 0 Å². The molecule has 2 aromatic rings. The van der Waals surface area contributed by atoms with Gasteiger partial charge in [0, 0.05) is 23.3 Å². The van der Waals surface area contributed by atoms with Crippen molar-refractivity contribution in [3.8, 4) is 6.07 Å². The summed E-state index contributed by atoms with van der Waals surface area (Å²) in [6.07, 6.45) is 0.291. The van der Waals surface area contributed by atoms with Crippen molar-refractivity contribution in [3.63, 3.8) is 0 Å². The fraction of sp³-hybridized carbons (Fsp3) is 0.143. The van der Waals surface area contributed by atoms with Crippen LogP contribution in [0.1, 0.15) is 21.7 Å². The van der Waals surface area contributed by atoms with Gasteiger partial charge in [-0.05, 0) is 24.3 Å². The quantitative estimate of drug-likeness (QED) is 0.795. The average Bonchev–Trinajstić information content (AvgIpc) is 2.71. The van der Waals surface area contributed by atoms with Gasteiger partial charge < -0.3 is 4.57 Å². The molecule has 0 radical (unpaired) electrons. The molecule has 0 amide bonds. The summed E-state index contributed by atoms with van der Waals surface area (Å²) in [6, 6.07) is 12.4. The van der Waals surface area contributed by atoms with Crippen LogP contribution < -0.4 is 0 Å². The highest BCUT2D eigenvalue weighted by molar-refractivity contribution is 6.31. The number of ketones is 1. The number of hydrogen-bond acceptors (Lipinski definition) is 2. The summed E-state index contributed by atoms with van der Waals surface area (Å²) < 4.78 is 1.74. The number of hydrogen-bond donors (Lipinski definition) is 0. The first-order chi connectivity index (χ1) is 8.63. The largest absolute Gasteiger partial charge is 0.344 e. The van der Waals surface area contributed by atoms with Crippen LogP contribution in [0.2, 0.25) is 5.02 Å². The molecule has 0 N–H and O–H groups in total. The van der Waals surface area contributed by atoms with E-state index in [9.17, 15) is 4.79 Å². The van der Waals surface area contributed by atoms with E-state index in [1.807, 2.05) is 0 Å². The number of halogens is 1. The molecule has 0 spiro atoms. The van der Waals surface area contributed by atoms with Crippen molar-refractivity contribution in [3.05, 3.63) is 58.4 Å². The van der Waals surface area contributed by atoms with E-state index in [1.165, 1.54) is 0 Å². The van der Waals surface area contributed by atoms with Gasteiger partial charge in [-0.1, -0.05) is 23.7 Å². The standard InChI is InChI=1S/C14H11ClN2O/c1-17-12(7-8-16)5-6-13(17)14(18)10-3-2-4-11(15)9-10/h2-6,9H,7H2,1H3. The van der Waals surface area contributed by atoms with E-state index in [4.69, 9.17) is 16.9 Å². The van der Waals surface area contributed by atoms with E-state index in [2.05, 4.69) is 6.07 Å². The maximum atomic E-state index is 12.3. The van der Waals surface area contributed by atoms with Gasteiger partial charge in [0.05, 0.1) is 18.2 Å². The first-order valence-corrected chi connectivity index (χ1v) is 5.83. The summed E-state index contributed by atoms with van der Waals surface area (Å²) in [5.41, 5.74) is 1.93. The van der Waals surface area contributed by atoms with E-state index >= 15 is 0 Å². The second kappa shape index (κ2) is 5.07. The number of carbonyl (C=O) groups excluding carboxylic acids is 1. The monoisotopic (exact) mass is 258 g/mol. The van der Waals surface area contributed by atoms with Crippen LogP contribution in [-0.4, -0.2) is 10.4 Å². The van der Waals surface area contributed by atoms with Crippen LogP contribution in [0.5, 0.6) is 0 Å². The van der Waals surface area contributed by atoms with E-state index in [0.29, 0.717) is 22.7 Å². The molecule has 0 saturated heterocycles. The Labute approximate surface area is 110 Å². The number of nitrogens with zero attached hydrogens (tertiary/aromatic N) is 2. The predicted octanol–water partition coefficient (Wildman–Crippen LogP) is 2.98. The highest BCUT2D eigenvalue weighted by atomic mass is 35.5. The minimum Gasteiger partial charge on any atom is -0.344 e. The smallest absolute Gasteiger partial charge is 0.209 e. The van der Waals surface area contributed by atoms with Gasteiger partial charge in [0.1, 0.15) is 0 Å².